The van der Waals surface area contributed by atoms with E-state index in [1.165, 1.54) is 28.1 Å². The smallest absolute Gasteiger partial charge is 0.395 e. The summed E-state index contributed by atoms with van der Waals surface area (Å²) in [4.78, 5) is 45.7. The lowest BCUT2D eigenvalue weighted by atomic mass is 10.0. The fourth-order valence-electron chi connectivity index (χ4n) is 5.51. The summed E-state index contributed by atoms with van der Waals surface area (Å²) in [6, 6.07) is 0. The van der Waals surface area contributed by atoms with Crippen molar-refractivity contribution >= 4 is 53.7 Å². The number of rotatable bonds is 8. The van der Waals surface area contributed by atoms with E-state index in [1.54, 1.807) is 0 Å². The molecule has 9 atom stereocenters. The molecular formula is C21H25N10O10PS. The number of ether oxygens (including phenoxy) is 2. The summed E-state index contributed by atoms with van der Waals surface area (Å²) in [7, 11) is -4.98. The number of nitrogens with two attached hydrogens (primary N) is 2. The first-order valence-corrected chi connectivity index (χ1v) is 15.2. The SMILES string of the molecule is Nc1nc2c(ncn2[C@@H]2S[C@H](CO)[C@@H](O)[C@H]2OP(=O)(O)OC[C@@]23CO[C@@H]([C@H](n4cnc5c(N)ncnc54)O2)[C@@H]3O)c(=O)[nH]1. The Bertz CT molecular complexity index is 1820. The third-order valence-corrected chi connectivity index (χ3v) is 10.1. The number of aromatic nitrogens is 8. The van der Waals surface area contributed by atoms with Crippen LogP contribution < -0.4 is 17.0 Å². The quantitative estimate of drug-likeness (QED) is 0.0989. The monoisotopic (exact) mass is 640 g/mol. The molecule has 3 aliphatic rings. The highest BCUT2D eigenvalue weighted by molar-refractivity contribution is 8.00. The Morgan fingerprint density at radius 2 is 1.93 bits per heavy atom. The van der Waals surface area contributed by atoms with Crippen LogP contribution in [0.2, 0.25) is 0 Å². The fourth-order valence-corrected chi connectivity index (χ4v) is 8.00. The molecule has 3 fully saturated rings. The Morgan fingerprint density at radius 3 is 2.72 bits per heavy atom. The van der Waals surface area contributed by atoms with Crippen LogP contribution in [0, 0.1) is 0 Å². The van der Waals surface area contributed by atoms with Gasteiger partial charge in [-0.1, -0.05) is 0 Å². The zero-order valence-electron chi connectivity index (χ0n) is 21.8. The number of H-pyrrole nitrogens is 1. The van der Waals surface area contributed by atoms with E-state index in [1.807, 2.05) is 0 Å². The zero-order valence-corrected chi connectivity index (χ0v) is 23.5. The molecule has 22 heteroatoms. The standard InChI is InChI=1S/C21H25N10O10PS/c22-14-8-15(25-4-24-14)30(5-26-8)18-12-13(34)21(40-18,2-38-12)3-39-42(36,37)41-11-10(33)7(1-32)43-19(11)31-6-27-9-16(31)28-20(23)29-17(9)35/h4-7,10-13,18-19,32-34H,1-3H2,(H,36,37)(H2,22,24,25)(H3,23,28,29,35)/t7-,10-,11-,12-,13+,18-,19-,21-/m1/s1. The first-order chi connectivity index (χ1) is 20.5. The average molecular weight is 641 g/mol. The molecule has 3 saturated heterocycles. The van der Waals surface area contributed by atoms with Gasteiger partial charge in [0.05, 0.1) is 43.8 Å². The number of hydrogen-bond donors (Lipinski definition) is 7. The minimum Gasteiger partial charge on any atom is -0.395 e. The molecule has 7 rings (SSSR count). The van der Waals surface area contributed by atoms with Gasteiger partial charge in [-0.2, -0.15) is 4.98 Å². The van der Waals surface area contributed by atoms with E-state index in [2.05, 4.69) is 29.9 Å². The molecule has 4 aromatic heterocycles. The third kappa shape index (κ3) is 4.51. The highest BCUT2D eigenvalue weighted by Gasteiger charge is 2.63. The van der Waals surface area contributed by atoms with Gasteiger partial charge in [0.1, 0.15) is 41.1 Å². The largest absolute Gasteiger partial charge is 0.472 e. The fraction of sp³-hybridized carbons (Fsp3) is 0.524. The molecule has 0 radical (unpaired) electrons. The molecule has 0 amide bonds. The number of anilines is 2. The van der Waals surface area contributed by atoms with E-state index >= 15 is 0 Å². The summed E-state index contributed by atoms with van der Waals surface area (Å²) in [5.74, 6) is -0.0481. The van der Waals surface area contributed by atoms with E-state index in [0.29, 0.717) is 11.2 Å². The number of fused-ring (bicyclic) bond motifs is 4. The number of nitrogens with zero attached hydrogens (tertiary/aromatic N) is 7. The van der Waals surface area contributed by atoms with Crippen molar-refractivity contribution < 1.29 is 43.3 Å². The van der Waals surface area contributed by atoms with Crippen LogP contribution in [0.5, 0.6) is 0 Å². The van der Waals surface area contributed by atoms with Gasteiger partial charge in [-0.25, -0.2) is 24.5 Å². The highest BCUT2D eigenvalue weighted by Crippen LogP contribution is 2.55. The van der Waals surface area contributed by atoms with E-state index in [0.717, 1.165) is 11.8 Å². The normalized spacial score (nSPS) is 33.5. The molecule has 0 aliphatic carbocycles. The Kier molecular flexibility index (Phi) is 6.74. The van der Waals surface area contributed by atoms with Crippen LogP contribution in [0.25, 0.3) is 22.3 Å². The van der Waals surface area contributed by atoms with Gasteiger partial charge < -0.3 is 41.2 Å². The predicted octanol–water partition coefficient (Wildman–Crippen LogP) is -2.38. The molecule has 0 spiro atoms. The van der Waals surface area contributed by atoms with Crippen LogP contribution in [0.1, 0.15) is 11.6 Å². The summed E-state index contributed by atoms with van der Waals surface area (Å²) < 4.78 is 38.7. The highest BCUT2D eigenvalue weighted by atomic mass is 32.2. The second-order valence-electron chi connectivity index (χ2n) is 10.2. The Morgan fingerprint density at radius 1 is 1.16 bits per heavy atom. The number of aliphatic hydroxyl groups is 3. The number of phosphoric ester groups is 1. The number of phosphoric acid groups is 1. The molecule has 0 saturated carbocycles. The number of thioether (sulfide) groups is 1. The maximum absolute atomic E-state index is 13.2. The van der Waals surface area contributed by atoms with Crippen LogP contribution in [0.4, 0.5) is 11.8 Å². The molecule has 9 N–H and O–H groups in total. The van der Waals surface area contributed by atoms with Crippen molar-refractivity contribution in [2.75, 3.05) is 31.3 Å². The summed E-state index contributed by atoms with van der Waals surface area (Å²) in [6.45, 7) is -1.30. The number of nitrogen functional groups attached to an aromatic ring is 2. The lowest BCUT2D eigenvalue weighted by molar-refractivity contribution is -0.184. The maximum atomic E-state index is 13.2. The van der Waals surface area contributed by atoms with Crippen molar-refractivity contribution in [3.63, 3.8) is 0 Å². The Labute approximate surface area is 243 Å². The minimum absolute atomic E-state index is 0.0347. The first kappa shape index (κ1) is 28.5. The van der Waals surface area contributed by atoms with Gasteiger partial charge >= 0.3 is 7.82 Å². The molecule has 3 aliphatic heterocycles. The molecule has 230 valence electrons. The second-order valence-corrected chi connectivity index (χ2v) is 13.0. The molecular weight excluding hydrogens is 615 g/mol. The topological polar surface area (TPSA) is 294 Å². The van der Waals surface area contributed by atoms with Gasteiger partial charge in [0.25, 0.3) is 5.56 Å². The van der Waals surface area contributed by atoms with Crippen molar-refractivity contribution in [2.24, 2.45) is 0 Å². The van der Waals surface area contributed by atoms with Gasteiger partial charge in [-0.15, -0.1) is 11.8 Å². The van der Waals surface area contributed by atoms with Gasteiger partial charge in [0.2, 0.25) is 5.95 Å². The third-order valence-electron chi connectivity index (χ3n) is 7.61. The second kappa shape index (κ2) is 10.2. The molecule has 43 heavy (non-hydrogen) atoms. The van der Waals surface area contributed by atoms with Crippen molar-refractivity contribution in [3.05, 3.63) is 29.3 Å². The molecule has 0 aromatic carbocycles. The first-order valence-electron chi connectivity index (χ1n) is 12.7. The predicted molar refractivity (Wildman–Crippen MR) is 145 cm³/mol. The molecule has 1 unspecified atom stereocenters. The lowest BCUT2D eigenvalue weighted by Crippen LogP contribution is -2.45. The van der Waals surface area contributed by atoms with Crippen molar-refractivity contribution in [3.8, 4) is 0 Å². The number of hydrogen-bond acceptors (Lipinski definition) is 17. The molecule has 20 nitrogen and oxygen atoms in total. The van der Waals surface area contributed by atoms with E-state index in [4.69, 9.17) is 30.0 Å². The van der Waals surface area contributed by atoms with Crippen LogP contribution >= 0.6 is 19.6 Å². The van der Waals surface area contributed by atoms with Gasteiger partial charge in [0, 0.05) is 0 Å². The summed E-state index contributed by atoms with van der Waals surface area (Å²) in [5, 5.41) is 29.9. The molecule has 2 bridgehead atoms. The summed E-state index contributed by atoms with van der Waals surface area (Å²) in [5.41, 5.74) is 10.00. The van der Waals surface area contributed by atoms with Crippen LogP contribution in [-0.2, 0) is 23.1 Å². The van der Waals surface area contributed by atoms with Gasteiger partial charge in [-0.3, -0.25) is 28.0 Å². The summed E-state index contributed by atoms with van der Waals surface area (Å²) in [6.07, 6.45) is -2.08. The van der Waals surface area contributed by atoms with Gasteiger partial charge in [0.15, 0.2) is 28.9 Å². The Balaban J connectivity index is 1.11. The Hall–Kier alpha value is -3.24. The zero-order chi connectivity index (χ0) is 30.3. The average Bonchev–Trinajstić information content (AvgIpc) is 3.77. The van der Waals surface area contributed by atoms with Crippen molar-refractivity contribution in [2.45, 2.75) is 46.9 Å². The van der Waals surface area contributed by atoms with Gasteiger partial charge in [-0.05, 0) is 0 Å². The number of aliphatic hydroxyl groups excluding tert-OH is 3. The van der Waals surface area contributed by atoms with E-state index in [9.17, 15) is 29.6 Å². The summed E-state index contributed by atoms with van der Waals surface area (Å²) >= 11 is 1.01. The maximum Gasteiger partial charge on any atom is 0.472 e. The van der Waals surface area contributed by atoms with E-state index < -0.39 is 73.5 Å². The minimum atomic E-state index is -4.98. The van der Waals surface area contributed by atoms with E-state index in [-0.39, 0.29) is 29.5 Å². The number of nitrogens with one attached hydrogen (secondary N) is 1. The van der Waals surface area contributed by atoms with Crippen LogP contribution in [0.3, 0.4) is 0 Å². The number of imidazole rings is 2. The van der Waals surface area contributed by atoms with Crippen LogP contribution in [-0.4, -0.2) is 114 Å². The lowest BCUT2D eigenvalue weighted by Gasteiger charge is -2.32. The van der Waals surface area contributed by atoms with Crippen LogP contribution in [0.15, 0.2) is 23.8 Å². The number of aromatic amines is 1. The molecule has 4 aromatic rings. The van der Waals surface area contributed by atoms with Crippen molar-refractivity contribution in [1.29, 1.82) is 0 Å². The van der Waals surface area contributed by atoms with Crippen molar-refractivity contribution in [1.82, 2.24) is 39.0 Å². The molecule has 7 heterocycles.